The quantitative estimate of drug-likeness (QED) is 0.877. The molecule has 0 fully saturated rings. The third-order valence-corrected chi connectivity index (χ3v) is 3.44. The zero-order valence-electron chi connectivity index (χ0n) is 12.7. The molecule has 0 aliphatic carbocycles. The molecular weight excluding hydrogens is 250 g/mol. The average molecular weight is 273 g/mol. The maximum absolute atomic E-state index is 5.05. The molecule has 0 saturated carbocycles. The fourth-order valence-electron chi connectivity index (χ4n) is 2.30. The van der Waals surface area contributed by atoms with Crippen molar-refractivity contribution in [1.29, 1.82) is 0 Å². The number of rotatable bonds is 6. The standard InChI is InChI=1S/C16H23N3O/c1-12-5-6-13(2)16(9-12)14(3)18-15-10-17-19(11-15)7-8-20-4/h5-6,9-11,14,18H,7-8H2,1-4H3. The van der Waals surface area contributed by atoms with Gasteiger partial charge in [0.05, 0.1) is 25.0 Å². The lowest BCUT2D eigenvalue weighted by Gasteiger charge is -2.17. The van der Waals surface area contributed by atoms with Gasteiger partial charge in [-0.2, -0.15) is 5.10 Å². The van der Waals surface area contributed by atoms with Crippen LogP contribution in [0.15, 0.2) is 30.6 Å². The van der Waals surface area contributed by atoms with Crippen molar-refractivity contribution >= 4 is 5.69 Å². The van der Waals surface area contributed by atoms with Crippen molar-refractivity contribution in [2.24, 2.45) is 0 Å². The lowest BCUT2D eigenvalue weighted by Crippen LogP contribution is -2.08. The van der Waals surface area contributed by atoms with E-state index in [0.717, 1.165) is 12.2 Å². The van der Waals surface area contributed by atoms with Gasteiger partial charge in [-0.1, -0.05) is 23.8 Å². The highest BCUT2D eigenvalue weighted by atomic mass is 16.5. The van der Waals surface area contributed by atoms with Crippen molar-refractivity contribution in [3.8, 4) is 0 Å². The Hall–Kier alpha value is -1.81. The van der Waals surface area contributed by atoms with Crippen LogP contribution in [0.4, 0.5) is 5.69 Å². The van der Waals surface area contributed by atoms with Gasteiger partial charge >= 0.3 is 0 Å². The first-order valence-corrected chi connectivity index (χ1v) is 6.95. The van der Waals surface area contributed by atoms with E-state index in [-0.39, 0.29) is 6.04 Å². The van der Waals surface area contributed by atoms with Crippen LogP contribution in [0, 0.1) is 13.8 Å². The van der Waals surface area contributed by atoms with E-state index in [9.17, 15) is 0 Å². The van der Waals surface area contributed by atoms with Gasteiger partial charge in [0.25, 0.3) is 0 Å². The largest absolute Gasteiger partial charge is 0.383 e. The summed E-state index contributed by atoms with van der Waals surface area (Å²) in [6.07, 6.45) is 3.87. The molecular formula is C16H23N3O. The van der Waals surface area contributed by atoms with Gasteiger partial charge in [-0.25, -0.2) is 0 Å². The van der Waals surface area contributed by atoms with E-state index in [1.54, 1.807) is 7.11 Å². The number of anilines is 1. The van der Waals surface area contributed by atoms with E-state index in [0.29, 0.717) is 6.61 Å². The zero-order valence-corrected chi connectivity index (χ0v) is 12.7. The number of nitrogens with zero attached hydrogens (tertiary/aromatic N) is 2. The molecule has 4 nitrogen and oxygen atoms in total. The minimum absolute atomic E-state index is 0.259. The average Bonchev–Trinajstić information content (AvgIpc) is 2.86. The van der Waals surface area contributed by atoms with Crippen LogP contribution in [-0.4, -0.2) is 23.5 Å². The number of nitrogens with one attached hydrogen (secondary N) is 1. The van der Waals surface area contributed by atoms with Crippen molar-refractivity contribution in [1.82, 2.24) is 9.78 Å². The number of methoxy groups -OCH3 is 1. The van der Waals surface area contributed by atoms with Crippen molar-refractivity contribution in [2.45, 2.75) is 33.4 Å². The van der Waals surface area contributed by atoms with E-state index < -0.39 is 0 Å². The Bertz CT molecular complexity index is 563. The Kier molecular flexibility index (Phi) is 4.79. The molecule has 0 bridgehead atoms. The highest BCUT2D eigenvalue weighted by Gasteiger charge is 2.09. The first kappa shape index (κ1) is 14.6. The molecule has 1 atom stereocenters. The first-order valence-electron chi connectivity index (χ1n) is 6.95. The maximum Gasteiger partial charge on any atom is 0.0731 e. The topological polar surface area (TPSA) is 39.1 Å². The number of aromatic nitrogens is 2. The summed E-state index contributed by atoms with van der Waals surface area (Å²) in [5.74, 6) is 0. The summed E-state index contributed by atoms with van der Waals surface area (Å²) in [5.41, 5.74) is 4.96. The van der Waals surface area contributed by atoms with Crippen LogP contribution in [-0.2, 0) is 11.3 Å². The number of aryl methyl sites for hydroxylation is 2. The van der Waals surface area contributed by atoms with E-state index in [4.69, 9.17) is 4.74 Å². The first-order chi connectivity index (χ1) is 9.60. The number of hydrogen-bond acceptors (Lipinski definition) is 3. The molecule has 0 amide bonds. The smallest absolute Gasteiger partial charge is 0.0731 e. The Morgan fingerprint density at radius 3 is 2.90 bits per heavy atom. The van der Waals surface area contributed by atoms with Crippen molar-refractivity contribution < 1.29 is 4.74 Å². The van der Waals surface area contributed by atoms with E-state index >= 15 is 0 Å². The molecule has 0 radical (unpaired) electrons. The van der Waals surface area contributed by atoms with Crippen LogP contribution in [0.1, 0.15) is 29.7 Å². The lowest BCUT2D eigenvalue weighted by molar-refractivity contribution is 0.183. The second-order valence-electron chi connectivity index (χ2n) is 5.21. The molecule has 2 rings (SSSR count). The molecule has 1 N–H and O–H groups in total. The summed E-state index contributed by atoms with van der Waals surface area (Å²) in [6, 6.07) is 6.82. The molecule has 20 heavy (non-hydrogen) atoms. The molecule has 1 aromatic carbocycles. The third kappa shape index (κ3) is 3.61. The van der Waals surface area contributed by atoms with Crippen LogP contribution in [0.25, 0.3) is 0 Å². The third-order valence-electron chi connectivity index (χ3n) is 3.44. The molecule has 1 heterocycles. The molecule has 0 spiro atoms. The van der Waals surface area contributed by atoms with Gasteiger partial charge in [-0.15, -0.1) is 0 Å². The van der Waals surface area contributed by atoms with Crippen LogP contribution in [0.5, 0.6) is 0 Å². The van der Waals surface area contributed by atoms with Crippen molar-refractivity contribution in [3.63, 3.8) is 0 Å². The van der Waals surface area contributed by atoms with Crippen LogP contribution >= 0.6 is 0 Å². The lowest BCUT2D eigenvalue weighted by atomic mass is 10.00. The normalized spacial score (nSPS) is 12.4. The predicted octanol–water partition coefficient (Wildman–Crippen LogP) is 3.32. The SMILES string of the molecule is COCCn1cc(NC(C)c2cc(C)ccc2C)cn1. The van der Waals surface area contributed by atoms with Gasteiger partial charge in [0, 0.05) is 19.3 Å². The number of ether oxygens (including phenoxy) is 1. The van der Waals surface area contributed by atoms with Crippen molar-refractivity contribution in [2.75, 3.05) is 19.0 Å². The zero-order chi connectivity index (χ0) is 14.5. The second-order valence-corrected chi connectivity index (χ2v) is 5.21. The highest BCUT2D eigenvalue weighted by molar-refractivity contribution is 5.43. The molecule has 2 aromatic rings. The fraction of sp³-hybridized carbons (Fsp3) is 0.438. The Balaban J connectivity index is 2.05. The van der Waals surface area contributed by atoms with Crippen LogP contribution in [0.2, 0.25) is 0 Å². The second kappa shape index (κ2) is 6.57. The van der Waals surface area contributed by atoms with Gasteiger partial charge in [-0.05, 0) is 31.9 Å². The molecule has 1 unspecified atom stereocenters. The van der Waals surface area contributed by atoms with Crippen LogP contribution in [0.3, 0.4) is 0 Å². The van der Waals surface area contributed by atoms with Gasteiger partial charge in [0.15, 0.2) is 0 Å². The molecule has 0 saturated heterocycles. The van der Waals surface area contributed by atoms with E-state index in [2.05, 4.69) is 49.4 Å². The van der Waals surface area contributed by atoms with Gasteiger partial charge in [-0.3, -0.25) is 4.68 Å². The van der Waals surface area contributed by atoms with Crippen molar-refractivity contribution in [3.05, 3.63) is 47.3 Å². The minimum Gasteiger partial charge on any atom is -0.383 e. The summed E-state index contributed by atoms with van der Waals surface area (Å²) in [6.45, 7) is 7.89. The monoisotopic (exact) mass is 273 g/mol. The van der Waals surface area contributed by atoms with E-state index in [1.165, 1.54) is 16.7 Å². The molecule has 0 aliphatic rings. The summed E-state index contributed by atoms with van der Waals surface area (Å²) >= 11 is 0. The van der Waals surface area contributed by atoms with Gasteiger partial charge < -0.3 is 10.1 Å². The fourth-order valence-corrected chi connectivity index (χ4v) is 2.30. The Labute approximate surface area is 120 Å². The molecule has 1 aromatic heterocycles. The molecule has 0 aliphatic heterocycles. The summed E-state index contributed by atoms with van der Waals surface area (Å²) in [4.78, 5) is 0. The highest BCUT2D eigenvalue weighted by Crippen LogP contribution is 2.22. The minimum atomic E-state index is 0.259. The predicted molar refractivity (Wildman–Crippen MR) is 82.1 cm³/mol. The summed E-state index contributed by atoms with van der Waals surface area (Å²) in [7, 11) is 1.70. The van der Waals surface area contributed by atoms with E-state index in [1.807, 2.05) is 17.1 Å². The molecule has 4 heteroatoms. The van der Waals surface area contributed by atoms with Gasteiger partial charge in [0.1, 0.15) is 0 Å². The van der Waals surface area contributed by atoms with Crippen LogP contribution < -0.4 is 5.32 Å². The Morgan fingerprint density at radius 2 is 2.15 bits per heavy atom. The summed E-state index contributed by atoms with van der Waals surface area (Å²) < 4.78 is 6.94. The maximum atomic E-state index is 5.05. The summed E-state index contributed by atoms with van der Waals surface area (Å²) in [5, 5.41) is 7.81. The molecule has 108 valence electrons. The Morgan fingerprint density at radius 1 is 1.35 bits per heavy atom. The van der Waals surface area contributed by atoms with Gasteiger partial charge in [0.2, 0.25) is 0 Å². The number of benzene rings is 1. The number of hydrogen-bond donors (Lipinski definition) is 1.